The Labute approximate surface area is 151 Å². The van der Waals surface area contributed by atoms with E-state index in [1.54, 1.807) is 17.0 Å². The highest BCUT2D eigenvalue weighted by Gasteiger charge is 2.38. The minimum Gasteiger partial charge on any atom is -0.444 e. The Morgan fingerprint density at radius 1 is 1.15 bits per heavy atom. The first kappa shape index (κ1) is 20.4. The fourth-order valence-corrected chi connectivity index (χ4v) is 3.06. The molecule has 1 aromatic carbocycles. The molecule has 1 heterocycles. The zero-order valence-electron chi connectivity index (χ0n) is 15.2. The van der Waals surface area contributed by atoms with Crippen molar-refractivity contribution in [2.75, 3.05) is 19.6 Å². The van der Waals surface area contributed by atoms with Crippen LogP contribution in [0.1, 0.15) is 39.2 Å². The van der Waals surface area contributed by atoms with Crippen LogP contribution in [0.15, 0.2) is 24.3 Å². The summed E-state index contributed by atoms with van der Waals surface area (Å²) in [7, 11) is 0. The molecular weight excluding hydrogens is 349 g/mol. The molecule has 2 N–H and O–H groups in total. The van der Waals surface area contributed by atoms with Gasteiger partial charge >= 0.3 is 12.5 Å². The lowest BCUT2D eigenvalue weighted by Crippen LogP contribution is -2.49. The maximum absolute atomic E-state index is 12.3. The average molecular weight is 374 g/mol. The highest BCUT2D eigenvalue weighted by atomic mass is 19.4. The van der Waals surface area contributed by atoms with Gasteiger partial charge in [0.1, 0.15) is 11.4 Å². The molecule has 1 aliphatic rings. The van der Waals surface area contributed by atoms with E-state index < -0.39 is 12.0 Å². The van der Waals surface area contributed by atoms with Crippen LogP contribution in [0.3, 0.4) is 0 Å². The van der Waals surface area contributed by atoms with Gasteiger partial charge < -0.3 is 20.1 Å². The number of halogens is 3. The van der Waals surface area contributed by atoms with Gasteiger partial charge in [0.15, 0.2) is 0 Å². The number of carbonyl (C=O) groups excluding carboxylic acids is 1. The number of rotatable bonds is 3. The quantitative estimate of drug-likeness (QED) is 0.874. The summed E-state index contributed by atoms with van der Waals surface area (Å²) < 4.78 is 46.1. The highest BCUT2D eigenvalue weighted by Crippen LogP contribution is 2.36. The lowest BCUT2D eigenvalue weighted by molar-refractivity contribution is -0.274. The predicted octanol–water partition coefficient (Wildman–Crippen LogP) is 3.81. The molecular formula is C18H25F3N2O3. The summed E-state index contributed by atoms with van der Waals surface area (Å²) in [5.74, 6) is -0.264. The second kappa shape index (κ2) is 7.34. The summed E-state index contributed by atoms with van der Waals surface area (Å²) in [6.45, 7) is 6.73. The van der Waals surface area contributed by atoms with Crippen LogP contribution in [0.5, 0.6) is 5.75 Å². The molecule has 1 aromatic rings. The Morgan fingerprint density at radius 2 is 1.69 bits per heavy atom. The molecule has 0 bridgehead atoms. The summed E-state index contributed by atoms with van der Waals surface area (Å²) >= 11 is 0. The zero-order valence-corrected chi connectivity index (χ0v) is 15.2. The van der Waals surface area contributed by atoms with E-state index in [2.05, 4.69) is 4.74 Å². The summed E-state index contributed by atoms with van der Waals surface area (Å²) in [6.07, 6.45) is -3.85. The number of piperidine rings is 1. The number of alkyl halides is 3. The van der Waals surface area contributed by atoms with Crippen molar-refractivity contribution in [2.45, 2.75) is 51.0 Å². The van der Waals surface area contributed by atoms with Crippen molar-refractivity contribution < 1.29 is 27.4 Å². The number of nitrogens with two attached hydrogens (primary N) is 1. The minimum absolute atomic E-state index is 0.264. The Hall–Kier alpha value is -1.96. The number of amides is 1. The zero-order chi connectivity index (χ0) is 19.6. The molecule has 0 saturated carbocycles. The molecule has 5 nitrogen and oxygen atoms in total. The number of carbonyl (C=O) groups is 1. The van der Waals surface area contributed by atoms with Crippen LogP contribution in [0.4, 0.5) is 18.0 Å². The molecule has 0 aromatic heterocycles. The van der Waals surface area contributed by atoms with E-state index in [0.29, 0.717) is 32.5 Å². The first-order valence-corrected chi connectivity index (χ1v) is 8.48. The number of likely N-dealkylation sites (tertiary alicyclic amines) is 1. The van der Waals surface area contributed by atoms with Gasteiger partial charge in [0.2, 0.25) is 0 Å². The van der Waals surface area contributed by atoms with Crippen molar-refractivity contribution in [3.63, 3.8) is 0 Å². The third kappa shape index (κ3) is 5.27. The van der Waals surface area contributed by atoms with Crippen LogP contribution in [0.2, 0.25) is 0 Å². The molecule has 1 amide bonds. The van der Waals surface area contributed by atoms with Crippen molar-refractivity contribution in [3.05, 3.63) is 29.8 Å². The Bertz CT molecular complexity index is 616. The summed E-state index contributed by atoms with van der Waals surface area (Å²) in [5.41, 5.74) is 5.89. The number of hydrogen-bond donors (Lipinski definition) is 1. The molecule has 0 radical (unpaired) electrons. The Kier molecular flexibility index (Phi) is 5.75. The van der Waals surface area contributed by atoms with E-state index in [1.807, 2.05) is 20.8 Å². The number of benzene rings is 1. The molecule has 146 valence electrons. The third-order valence-corrected chi connectivity index (χ3v) is 4.46. The van der Waals surface area contributed by atoms with Crippen LogP contribution in [0.25, 0.3) is 0 Å². The molecule has 2 rings (SSSR count). The van der Waals surface area contributed by atoms with E-state index in [4.69, 9.17) is 10.5 Å². The average Bonchev–Trinajstić information content (AvgIpc) is 2.52. The van der Waals surface area contributed by atoms with Crippen molar-refractivity contribution in [1.82, 2.24) is 4.90 Å². The molecule has 0 spiro atoms. The third-order valence-electron chi connectivity index (χ3n) is 4.46. The van der Waals surface area contributed by atoms with Crippen LogP contribution >= 0.6 is 0 Å². The number of hydrogen-bond acceptors (Lipinski definition) is 4. The fraction of sp³-hybridized carbons (Fsp3) is 0.611. The lowest BCUT2D eigenvalue weighted by atomic mass is 9.73. The summed E-state index contributed by atoms with van der Waals surface area (Å²) in [5, 5.41) is 0. The van der Waals surface area contributed by atoms with Crippen molar-refractivity contribution >= 4 is 6.09 Å². The Balaban J connectivity index is 2.06. The van der Waals surface area contributed by atoms with Crippen LogP contribution in [-0.4, -0.2) is 42.6 Å². The number of nitrogens with zero attached hydrogens (tertiary/aromatic N) is 1. The lowest BCUT2D eigenvalue weighted by Gasteiger charge is -2.41. The summed E-state index contributed by atoms with van der Waals surface area (Å²) in [6, 6.07) is 5.80. The standard InChI is InChI=1S/C18H25F3N2O3/c1-16(2,3)26-15(24)23-10-8-17(12-22,9-11-23)13-4-6-14(7-5-13)25-18(19,20)21/h4-7H,8-12,22H2,1-3H3. The second-order valence-electron chi connectivity index (χ2n) is 7.52. The molecule has 0 unspecified atom stereocenters. The van der Waals surface area contributed by atoms with Gasteiger partial charge in [-0.1, -0.05) is 12.1 Å². The predicted molar refractivity (Wildman–Crippen MR) is 90.9 cm³/mol. The largest absolute Gasteiger partial charge is 0.573 e. The fourth-order valence-electron chi connectivity index (χ4n) is 3.06. The van der Waals surface area contributed by atoms with Crippen LogP contribution in [0, 0.1) is 0 Å². The van der Waals surface area contributed by atoms with Crippen molar-refractivity contribution in [2.24, 2.45) is 5.73 Å². The first-order valence-electron chi connectivity index (χ1n) is 8.48. The Morgan fingerprint density at radius 3 is 2.12 bits per heavy atom. The van der Waals surface area contributed by atoms with E-state index in [-0.39, 0.29) is 17.3 Å². The smallest absolute Gasteiger partial charge is 0.444 e. The van der Waals surface area contributed by atoms with Gasteiger partial charge in [-0.15, -0.1) is 13.2 Å². The van der Waals surface area contributed by atoms with Gasteiger partial charge in [-0.25, -0.2) is 4.79 Å². The van der Waals surface area contributed by atoms with Gasteiger partial charge in [-0.3, -0.25) is 0 Å². The SMILES string of the molecule is CC(C)(C)OC(=O)N1CCC(CN)(c2ccc(OC(F)(F)F)cc2)CC1. The molecule has 0 aliphatic carbocycles. The molecule has 8 heteroatoms. The summed E-state index contributed by atoms with van der Waals surface area (Å²) in [4.78, 5) is 13.8. The van der Waals surface area contributed by atoms with Gasteiger partial charge in [0.05, 0.1) is 0 Å². The van der Waals surface area contributed by atoms with Crippen LogP contribution < -0.4 is 10.5 Å². The van der Waals surface area contributed by atoms with Crippen molar-refractivity contribution in [3.8, 4) is 5.75 Å². The molecule has 0 atom stereocenters. The van der Waals surface area contributed by atoms with Gasteiger partial charge in [0, 0.05) is 25.0 Å². The molecule has 1 aliphatic heterocycles. The number of ether oxygens (including phenoxy) is 2. The topological polar surface area (TPSA) is 64.8 Å². The van der Waals surface area contributed by atoms with Gasteiger partial charge in [-0.05, 0) is 51.3 Å². The molecule has 26 heavy (non-hydrogen) atoms. The van der Waals surface area contributed by atoms with Gasteiger partial charge in [0.25, 0.3) is 0 Å². The molecule has 1 fully saturated rings. The van der Waals surface area contributed by atoms with E-state index in [1.165, 1.54) is 12.1 Å². The van der Waals surface area contributed by atoms with Crippen LogP contribution in [-0.2, 0) is 10.2 Å². The van der Waals surface area contributed by atoms with E-state index in [9.17, 15) is 18.0 Å². The monoisotopic (exact) mass is 374 g/mol. The highest BCUT2D eigenvalue weighted by molar-refractivity contribution is 5.68. The second-order valence-corrected chi connectivity index (χ2v) is 7.52. The first-order chi connectivity index (χ1) is 11.9. The van der Waals surface area contributed by atoms with E-state index in [0.717, 1.165) is 5.56 Å². The van der Waals surface area contributed by atoms with E-state index >= 15 is 0 Å². The van der Waals surface area contributed by atoms with Crippen molar-refractivity contribution in [1.29, 1.82) is 0 Å². The molecule has 1 saturated heterocycles. The normalized spacial score (nSPS) is 17.7. The maximum Gasteiger partial charge on any atom is 0.573 e. The minimum atomic E-state index is -4.72. The maximum atomic E-state index is 12.3. The van der Waals surface area contributed by atoms with Gasteiger partial charge in [-0.2, -0.15) is 0 Å².